The Hall–Kier alpha value is -0.530. The highest BCUT2D eigenvalue weighted by molar-refractivity contribution is 6.18. The van der Waals surface area contributed by atoms with Gasteiger partial charge in [0.2, 0.25) is 0 Å². The number of rotatable bonds is 4. The van der Waals surface area contributed by atoms with E-state index in [4.69, 9.17) is 11.6 Å². The maximum Gasteiger partial charge on any atom is 0.0928 e. The molecule has 1 rings (SSSR count). The zero-order valence-corrected chi connectivity index (χ0v) is 11.3. The molecular weight excluding hydrogens is 220 g/mol. The maximum atomic E-state index is 9.86. The molecule has 0 aromatic heterocycles. The predicted molar refractivity (Wildman–Crippen MR) is 70.3 cm³/mol. The van der Waals surface area contributed by atoms with Crippen molar-refractivity contribution in [2.24, 2.45) is 0 Å². The van der Waals surface area contributed by atoms with E-state index in [2.05, 4.69) is 39.8 Å². The Labute approximate surface area is 103 Å². The topological polar surface area (TPSA) is 20.2 Å². The van der Waals surface area contributed by atoms with Crippen molar-refractivity contribution in [2.75, 3.05) is 5.88 Å². The molecule has 0 bridgehead atoms. The van der Waals surface area contributed by atoms with Gasteiger partial charge in [0.15, 0.2) is 0 Å². The first kappa shape index (κ1) is 13.5. The minimum Gasteiger partial charge on any atom is -0.387 e. The lowest BCUT2D eigenvalue weighted by Crippen LogP contribution is -2.06. The Morgan fingerprint density at radius 2 is 1.69 bits per heavy atom. The molecule has 1 N–H and O–H groups in total. The monoisotopic (exact) mass is 240 g/mol. The van der Waals surface area contributed by atoms with Crippen molar-refractivity contribution in [1.82, 2.24) is 0 Å². The molecule has 90 valence electrons. The summed E-state index contributed by atoms with van der Waals surface area (Å²) in [4.78, 5) is 0. The molecule has 0 fully saturated rings. The molecule has 0 aliphatic heterocycles. The molecule has 0 saturated carbocycles. The lowest BCUT2D eigenvalue weighted by atomic mass is 9.90. The summed E-state index contributed by atoms with van der Waals surface area (Å²) in [5, 5.41) is 9.86. The van der Waals surface area contributed by atoms with Crippen LogP contribution in [0.15, 0.2) is 18.2 Å². The molecule has 0 heterocycles. The van der Waals surface area contributed by atoms with E-state index in [0.29, 0.717) is 11.8 Å². The van der Waals surface area contributed by atoms with Crippen LogP contribution in [0.5, 0.6) is 0 Å². The first-order valence-electron chi connectivity index (χ1n) is 5.85. The molecule has 1 atom stereocenters. The molecule has 1 unspecified atom stereocenters. The van der Waals surface area contributed by atoms with Crippen LogP contribution in [0, 0.1) is 0 Å². The van der Waals surface area contributed by atoms with Crippen LogP contribution >= 0.6 is 11.6 Å². The molecule has 0 radical (unpaired) electrons. The Balaban J connectivity index is 3.19. The Bertz CT molecular complexity index is 345. The first-order chi connectivity index (χ1) is 7.47. The van der Waals surface area contributed by atoms with Crippen LogP contribution in [0.2, 0.25) is 0 Å². The van der Waals surface area contributed by atoms with Crippen molar-refractivity contribution < 1.29 is 5.11 Å². The van der Waals surface area contributed by atoms with Gasteiger partial charge in [0, 0.05) is 0 Å². The summed E-state index contributed by atoms with van der Waals surface area (Å²) in [6.07, 6.45) is -0.555. The zero-order valence-electron chi connectivity index (χ0n) is 10.5. The third kappa shape index (κ3) is 2.99. The molecule has 0 aliphatic rings. The minimum absolute atomic E-state index is 0.251. The normalized spacial score (nSPS) is 13.5. The van der Waals surface area contributed by atoms with Crippen LogP contribution in [0.25, 0.3) is 0 Å². The van der Waals surface area contributed by atoms with Crippen LogP contribution < -0.4 is 0 Å². The van der Waals surface area contributed by atoms with Gasteiger partial charge in [-0.05, 0) is 28.5 Å². The highest BCUT2D eigenvalue weighted by Gasteiger charge is 2.15. The van der Waals surface area contributed by atoms with E-state index in [9.17, 15) is 5.11 Å². The van der Waals surface area contributed by atoms with Crippen molar-refractivity contribution in [3.63, 3.8) is 0 Å². The lowest BCUT2D eigenvalue weighted by molar-refractivity contribution is 0.201. The summed E-state index contributed by atoms with van der Waals surface area (Å²) in [6.45, 7) is 8.64. The minimum atomic E-state index is -0.555. The molecule has 1 nitrogen and oxygen atoms in total. The number of aliphatic hydroxyl groups excluding tert-OH is 1. The summed E-state index contributed by atoms with van der Waals surface area (Å²) in [5.41, 5.74) is 3.49. The fourth-order valence-electron chi connectivity index (χ4n) is 1.84. The number of halogens is 1. The van der Waals surface area contributed by atoms with Crippen molar-refractivity contribution in [1.29, 1.82) is 0 Å². The van der Waals surface area contributed by atoms with E-state index >= 15 is 0 Å². The number of hydrogen-bond acceptors (Lipinski definition) is 1. The van der Waals surface area contributed by atoms with E-state index in [1.165, 1.54) is 11.1 Å². The Morgan fingerprint density at radius 3 is 2.12 bits per heavy atom. The summed E-state index contributed by atoms with van der Waals surface area (Å²) < 4.78 is 0. The van der Waals surface area contributed by atoms with Gasteiger partial charge in [-0.1, -0.05) is 45.9 Å². The third-order valence-corrected chi connectivity index (χ3v) is 3.20. The van der Waals surface area contributed by atoms with Crippen LogP contribution in [0.1, 0.15) is 62.3 Å². The number of benzene rings is 1. The maximum absolute atomic E-state index is 9.86. The SMILES string of the molecule is CC(C)c1ccc(C(O)CCl)c(C(C)C)c1. The lowest BCUT2D eigenvalue weighted by Gasteiger charge is -2.18. The van der Waals surface area contributed by atoms with E-state index in [1.54, 1.807) is 0 Å². The fourth-order valence-corrected chi connectivity index (χ4v) is 2.01. The summed E-state index contributed by atoms with van der Waals surface area (Å²) in [6, 6.07) is 6.29. The van der Waals surface area contributed by atoms with Gasteiger partial charge in [0.1, 0.15) is 0 Å². The second-order valence-corrected chi connectivity index (χ2v) is 5.18. The smallest absolute Gasteiger partial charge is 0.0928 e. The van der Waals surface area contributed by atoms with Crippen LogP contribution in [0.3, 0.4) is 0 Å². The molecular formula is C14H21ClO. The number of alkyl halides is 1. The van der Waals surface area contributed by atoms with Crippen molar-refractivity contribution in [3.8, 4) is 0 Å². The molecule has 0 spiro atoms. The molecule has 0 amide bonds. The predicted octanol–water partition coefficient (Wildman–Crippen LogP) is 4.21. The fraction of sp³-hybridized carbons (Fsp3) is 0.571. The Morgan fingerprint density at radius 1 is 1.06 bits per heavy atom. The molecule has 2 heteroatoms. The molecule has 0 aliphatic carbocycles. The number of aliphatic hydroxyl groups is 1. The van der Waals surface area contributed by atoms with Gasteiger partial charge in [0.05, 0.1) is 12.0 Å². The van der Waals surface area contributed by atoms with E-state index < -0.39 is 6.10 Å². The zero-order chi connectivity index (χ0) is 12.3. The summed E-state index contributed by atoms with van der Waals surface area (Å²) in [7, 11) is 0. The van der Waals surface area contributed by atoms with Crippen molar-refractivity contribution in [3.05, 3.63) is 34.9 Å². The quantitative estimate of drug-likeness (QED) is 0.782. The van der Waals surface area contributed by atoms with Gasteiger partial charge in [-0.3, -0.25) is 0 Å². The van der Waals surface area contributed by atoms with Crippen LogP contribution in [-0.4, -0.2) is 11.0 Å². The Kier molecular flexibility index (Phi) is 4.82. The molecule has 0 saturated heterocycles. The standard InChI is InChI=1S/C14H21ClO/c1-9(2)11-5-6-12(14(16)8-15)13(7-11)10(3)4/h5-7,9-10,14,16H,8H2,1-4H3. The average molecular weight is 241 g/mol. The highest BCUT2D eigenvalue weighted by Crippen LogP contribution is 2.29. The first-order valence-corrected chi connectivity index (χ1v) is 6.38. The van der Waals surface area contributed by atoms with E-state index in [-0.39, 0.29) is 5.88 Å². The van der Waals surface area contributed by atoms with Crippen LogP contribution in [-0.2, 0) is 0 Å². The second-order valence-electron chi connectivity index (χ2n) is 4.87. The highest BCUT2D eigenvalue weighted by atomic mass is 35.5. The summed E-state index contributed by atoms with van der Waals surface area (Å²) >= 11 is 5.72. The van der Waals surface area contributed by atoms with Gasteiger partial charge < -0.3 is 5.11 Å². The largest absolute Gasteiger partial charge is 0.387 e. The second kappa shape index (κ2) is 5.70. The molecule has 1 aromatic rings. The van der Waals surface area contributed by atoms with Gasteiger partial charge in [0.25, 0.3) is 0 Å². The van der Waals surface area contributed by atoms with Crippen molar-refractivity contribution >= 4 is 11.6 Å². The van der Waals surface area contributed by atoms with Gasteiger partial charge >= 0.3 is 0 Å². The average Bonchev–Trinajstić information content (AvgIpc) is 2.26. The van der Waals surface area contributed by atoms with Gasteiger partial charge in [-0.15, -0.1) is 11.6 Å². The summed E-state index contributed by atoms with van der Waals surface area (Å²) in [5.74, 6) is 1.17. The van der Waals surface area contributed by atoms with E-state index in [0.717, 1.165) is 5.56 Å². The molecule has 16 heavy (non-hydrogen) atoms. The van der Waals surface area contributed by atoms with E-state index in [1.807, 2.05) is 6.07 Å². The molecule has 1 aromatic carbocycles. The van der Waals surface area contributed by atoms with Gasteiger partial charge in [-0.25, -0.2) is 0 Å². The van der Waals surface area contributed by atoms with Gasteiger partial charge in [-0.2, -0.15) is 0 Å². The van der Waals surface area contributed by atoms with Crippen LogP contribution in [0.4, 0.5) is 0 Å². The number of hydrogen-bond donors (Lipinski definition) is 1. The third-order valence-electron chi connectivity index (χ3n) is 2.90. The van der Waals surface area contributed by atoms with Crippen molar-refractivity contribution in [2.45, 2.75) is 45.6 Å².